The highest BCUT2D eigenvalue weighted by Crippen LogP contribution is 2.30. The number of aromatic nitrogens is 1. The minimum absolute atomic E-state index is 0.367. The second kappa shape index (κ2) is 6.33. The van der Waals surface area contributed by atoms with Gasteiger partial charge in [0.1, 0.15) is 0 Å². The molecular formula is C16H26N2. The molecular weight excluding hydrogens is 220 g/mol. The highest BCUT2D eigenvalue weighted by Gasteiger charge is 2.24. The highest BCUT2D eigenvalue weighted by atomic mass is 15.0. The van der Waals surface area contributed by atoms with Gasteiger partial charge in [0.25, 0.3) is 0 Å². The zero-order valence-corrected chi connectivity index (χ0v) is 11.9. The van der Waals surface area contributed by atoms with Crippen molar-refractivity contribution in [3.63, 3.8) is 0 Å². The molecule has 1 aromatic rings. The van der Waals surface area contributed by atoms with Gasteiger partial charge in [0.05, 0.1) is 5.69 Å². The number of hydrogen-bond acceptors (Lipinski definition) is 2. The number of pyridine rings is 1. The molecule has 0 unspecified atom stereocenters. The average Bonchev–Trinajstić information content (AvgIpc) is 2.40. The van der Waals surface area contributed by atoms with Crippen molar-refractivity contribution in [1.82, 2.24) is 10.3 Å². The molecule has 0 amide bonds. The standard InChI is InChI=1S/C16H26N2/c1-12(2)14-7-9-15(10-8-14)18-13(3)16-6-4-5-11-17-16/h4-6,11-15,18H,7-10H2,1-3H3/t13-,14?,15?/m1/s1. The predicted molar refractivity (Wildman–Crippen MR) is 76.4 cm³/mol. The summed E-state index contributed by atoms with van der Waals surface area (Å²) in [5, 5.41) is 3.73. The van der Waals surface area contributed by atoms with Crippen molar-refractivity contribution >= 4 is 0 Å². The molecule has 0 bridgehead atoms. The summed E-state index contributed by atoms with van der Waals surface area (Å²) in [7, 11) is 0. The molecule has 1 atom stereocenters. The molecule has 1 fully saturated rings. The zero-order valence-electron chi connectivity index (χ0n) is 11.9. The Morgan fingerprint density at radius 3 is 2.39 bits per heavy atom. The molecule has 1 saturated carbocycles. The van der Waals surface area contributed by atoms with Crippen LogP contribution in [0, 0.1) is 11.8 Å². The van der Waals surface area contributed by atoms with E-state index in [1.54, 1.807) is 0 Å². The van der Waals surface area contributed by atoms with E-state index in [1.807, 2.05) is 12.3 Å². The SMILES string of the molecule is CC(C)C1CCC(N[C@H](C)c2ccccn2)CC1. The number of hydrogen-bond donors (Lipinski definition) is 1. The van der Waals surface area contributed by atoms with Crippen LogP contribution in [0.3, 0.4) is 0 Å². The normalized spacial score (nSPS) is 26.2. The summed E-state index contributed by atoms with van der Waals surface area (Å²) in [5.74, 6) is 1.78. The smallest absolute Gasteiger partial charge is 0.0570 e. The van der Waals surface area contributed by atoms with Gasteiger partial charge in [-0.25, -0.2) is 0 Å². The van der Waals surface area contributed by atoms with Gasteiger partial charge >= 0.3 is 0 Å². The first-order valence-corrected chi connectivity index (χ1v) is 7.33. The first-order valence-electron chi connectivity index (χ1n) is 7.33. The predicted octanol–water partition coefficient (Wildman–Crippen LogP) is 3.95. The highest BCUT2D eigenvalue weighted by molar-refractivity contribution is 5.08. The van der Waals surface area contributed by atoms with Gasteiger partial charge in [0, 0.05) is 18.3 Å². The summed E-state index contributed by atoms with van der Waals surface area (Å²) < 4.78 is 0. The van der Waals surface area contributed by atoms with Crippen LogP contribution < -0.4 is 5.32 Å². The topological polar surface area (TPSA) is 24.9 Å². The molecule has 1 aliphatic carbocycles. The molecule has 18 heavy (non-hydrogen) atoms. The average molecular weight is 246 g/mol. The van der Waals surface area contributed by atoms with Crippen LogP contribution in [-0.4, -0.2) is 11.0 Å². The Morgan fingerprint density at radius 1 is 1.11 bits per heavy atom. The quantitative estimate of drug-likeness (QED) is 0.870. The maximum absolute atomic E-state index is 4.42. The molecule has 2 heteroatoms. The van der Waals surface area contributed by atoms with Crippen LogP contribution >= 0.6 is 0 Å². The van der Waals surface area contributed by atoms with Gasteiger partial charge in [0.2, 0.25) is 0 Å². The van der Waals surface area contributed by atoms with Crippen molar-refractivity contribution in [2.45, 2.75) is 58.5 Å². The molecule has 1 N–H and O–H groups in total. The van der Waals surface area contributed by atoms with Crippen molar-refractivity contribution in [1.29, 1.82) is 0 Å². The van der Waals surface area contributed by atoms with Gasteiger partial charge in [-0.15, -0.1) is 0 Å². The summed E-state index contributed by atoms with van der Waals surface area (Å²) in [6.45, 7) is 6.93. The van der Waals surface area contributed by atoms with E-state index in [0.717, 1.165) is 17.5 Å². The van der Waals surface area contributed by atoms with E-state index in [1.165, 1.54) is 25.7 Å². The van der Waals surface area contributed by atoms with E-state index in [0.29, 0.717) is 12.1 Å². The van der Waals surface area contributed by atoms with Crippen molar-refractivity contribution in [3.8, 4) is 0 Å². The van der Waals surface area contributed by atoms with Crippen molar-refractivity contribution in [3.05, 3.63) is 30.1 Å². The molecule has 0 aliphatic heterocycles. The molecule has 100 valence electrons. The Bertz CT molecular complexity index is 339. The van der Waals surface area contributed by atoms with Crippen LogP contribution in [-0.2, 0) is 0 Å². The van der Waals surface area contributed by atoms with Crippen molar-refractivity contribution < 1.29 is 0 Å². The van der Waals surface area contributed by atoms with E-state index in [9.17, 15) is 0 Å². The summed E-state index contributed by atoms with van der Waals surface area (Å²) in [6.07, 6.45) is 7.28. The largest absolute Gasteiger partial charge is 0.306 e. The van der Waals surface area contributed by atoms with Gasteiger partial charge in [0.15, 0.2) is 0 Å². The Morgan fingerprint density at radius 2 is 1.83 bits per heavy atom. The Hall–Kier alpha value is -0.890. The van der Waals surface area contributed by atoms with Gasteiger partial charge < -0.3 is 5.32 Å². The van der Waals surface area contributed by atoms with E-state index in [4.69, 9.17) is 0 Å². The Balaban J connectivity index is 1.81. The summed E-state index contributed by atoms with van der Waals surface area (Å²) >= 11 is 0. The molecule has 0 aromatic carbocycles. The molecule has 2 rings (SSSR count). The summed E-state index contributed by atoms with van der Waals surface area (Å²) in [6, 6.07) is 7.20. The van der Waals surface area contributed by atoms with Gasteiger partial charge in [-0.1, -0.05) is 19.9 Å². The fraction of sp³-hybridized carbons (Fsp3) is 0.688. The molecule has 1 heterocycles. The Kier molecular flexibility index (Phi) is 4.76. The van der Waals surface area contributed by atoms with Crippen LogP contribution in [0.2, 0.25) is 0 Å². The molecule has 1 aromatic heterocycles. The number of nitrogens with zero attached hydrogens (tertiary/aromatic N) is 1. The van der Waals surface area contributed by atoms with E-state index >= 15 is 0 Å². The van der Waals surface area contributed by atoms with Crippen LogP contribution in [0.15, 0.2) is 24.4 Å². The summed E-state index contributed by atoms with van der Waals surface area (Å²) in [5.41, 5.74) is 1.16. The first-order chi connectivity index (χ1) is 8.66. The summed E-state index contributed by atoms with van der Waals surface area (Å²) in [4.78, 5) is 4.42. The van der Waals surface area contributed by atoms with Crippen LogP contribution in [0.1, 0.15) is 58.2 Å². The monoisotopic (exact) mass is 246 g/mol. The lowest BCUT2D eigenvalue weighted by atomic mass is 9.79. The molecule has 2 nitrogen and oxygen atoms in total. The van der Waals surface area contributed by atoms with Gasteiger partial charge in [-0.3, -0.25) is 4.98 Å². The third-order valence-electron chi connectivity index (χ3n) is 4.33. The third kappa shape index (κ3) is 3.55. The third-order valence-corrected chi connectivity index (χ3v) is 4.33. The van der Waals surface area contributed by atoms with Crippen molar-refractivity contribution in [2.24, 2.45) is 11.8 Å². The van der Waals surface area contributed by atoms with Crippen LogP contribution in [0.25, 0.3) is 0 Å². The van der Waals surface area contributed by atoms with E-state index in [2.05, 4.69) is 43.2 Å². The second-order valence-electron chi connectivity index (χ2n) is 6.00. The zero-order chi connectivity index (χ0) is 13.0. The fourth-order valence-electron chi connectivity index (χ4n) is 3.02. The molecule has 0 spiro atoms. The van der Waals surface area contributed by atoms with Gasteiger partial charge in [-0.05, 0) is 56.6 Å². The molecule has 0 radical (unpaired) electrons. The minimum Gasteiger partial charge on any atom is -0.306 e. The minimum atomic E-state index is 0.367. The van der Waals surface area contributed by atoms with Crippen molar-refractivity contribution in [2.75, 3.05) is 0 Å². The molecule has 1 aliphatic rings. The lowest BCUT2D eigenvalue weighted by Crippen LogP contribution is -2.36. The Labute approximate surface area is 111 Å². The maximum Gasteiger partial charge on any atom is 0.0570 e. The second-order valence-corrected chi connectivity index (χ2v) is 6.00. The maximum atomic E-state index is 4.42. The van der Waals surface area contributed by atoms with Crippen LogP contribution in [0.4, 0.5) is 0 Å². The van der Waals surface area contributed by atoms with Crippen LogP contribution in [0.5, 0.6) is 0 Å². The first kappa shape index (κ1) is 13.5. The van der Waals surface area contributed by atoms with E-state index < -0.39 is 0 Å². The number of nitrogens with one attached hydrogen (secondary N) is 1. The van der Waals surface area contributed by atoms with Gasteiger partial charge in [-0.2, -0.15) is 0 Å². The number of rotatable bonds is 4. The molecule has 0 saturated heterocycles. The van der Waals surface area contributed by atoms with E-state index in [-0.39, 0.29) is 0 Å². The lowest BCUT2D eigenvalue weighted by molar-refractivity contribution is 0.230. The lowest BCUT2D eigenvalue weighted by Gasteiger charge is -2.33. The fourth-order valence-corrected chi connectivity index (χ4v) is 3.02.